The first kappa shape index (κ1) is 20.5. The van der Waals surface area contributed by atoms with Crippen LogP contribution in [0.2, 0.25) is 0 Å². The molecule has 1 atom stereocenters. The Bertz CT molecular complexity index is 1410. The highest BCUT2D eigenvalue weighted by atomic mass is 16.3. The van der Waals surface area contributed by atoms with Crippen molar-refractivity contribution in [2.24, 2.45) is 0 Å². The highest BCUT2D eigenvalue weighted by molar-refractivity contribution is 5.97. The van der Waals surface area contributed by atoms with Crippen LogP contribution in [0, 0.1) is 12.3 Å². The third kappa shape index (κ3) is 3.62. The number of pyridine rings is 2. The first-order chi connectivity index (χ1) is 14.9. The van der Waals surface area contributed by atoms with E-state index < -0.39 is 5.91 Å². The number of aromatic nitrogens is 3. The van der Waals surface area contributed by atoms with Crippen molar-refractivity contribution in [2.45, 2.75) is 26.4 Å². The highest BCUT2D eigenvalue weighted by Gasteiger charge is 2.19. The summed E-state index contributed by atoms with van der Waals surface area (Å²) in [7, 11) is 0. The summed E-state index contributed by atoms with van der Waals surface area (Å²) in [5.74, 6) is -0.469. The van der Waals surface area contributed by atoms with Crippen molar-refractivity contribution in [1.82, 2.24) is 19.3 Å². The van der Waals surface area contributed by atoms with E-state index in [2.05, 4.69) is 10.3 Å². The fourth-order valence-corrected chi connectivity index (χ4v) is 3.69. The molecule has 4 rings (SSSR count). The lowest BCUT2D eigenvalue weighted by Crippen LogP contribution is -2.36. The second-order valence-corrected chi connectivity index (χ2v) is 7.43. The minimum absolute atomic E-state index is 0.0409. The molecule has 4 aromatic rings. The molecule has 0 saturated heterocycles. The molecule has 0 spiro atoms. The molecule has 3 N–H and O–H groups in total. The topological polar surface area (TPSA) is 112 Å². The zero-order valence-electron chi connectivity index (χ0n) is 17.3. The van der Waals surface area contributed by atoms with Crippen LogP contribution >= 0.6 is 0 Å². The summed E-state index contributed by atoms with van der Waals surface area (Å²) in [6.07, 6.45) is 1.62. The Morgan fingerprint density at radius 2 is 1.94 bits per heavy atom. The molecule has 8 heteroatoms. The number of aliphatic hydroxyl groups excluding tert-OH is 1. The Labute approximate surface area is 177 Å². The molecule has 0 aliphatic carbocycles. The van der Waals surface area contributed by atoms with Crippen molar-refractivity contribution in [3.63, 3.8) is 0 Å². The Morgan fingerprint density at radius 1 is 1.19 bits per heavy atom. The van der Waals surface area contributed by atoms with Crippen LogP contribution in [0.4, 0.5) is 0 Å². The Hall–Kier alpha value is -3.78. The average Bonchev–Trinajstić information content (AvgIpc) is 2.77. The van der Waals surface area contributed by atoms with Crippen molar-refractivity contribution in [3.8, 4) is 0 Å². The van der Waals surface area contributed by atoms with E-state index in [1.165, 1.54) is 15.0 Å². The molecule has 0 saturated carbocycles. The van der Waals surface area contributed by atoms with Crippen LogP contribution < -0.4 is 16.4 Å². The number of nitrogens with zero attached hydrogens (tertiary/aromatic N) is 3. The molecule has 0 fully saturated rings. The van der Waals surface area contributed by atoms with Gasteiger partial charge in [-0.2, -0.15) is 0 Å². The van der Waals surface area contributed by atoms with E-state index in [1.807, 2.05) is 50.2 Å². The van der Waals surface area contributed by atoms with E-state index in [4.69, 9.17) is 5.41 Å². The molecule has 31 heavy (non-hydrogen) atoms. The number of hydrogen-bond acceptors (Lipinski definition) is 5. The molecule has 3 aromatic heterocycles. The number of aliphatic hydroxyl groups is 1. The number of benzene rings is 1. The van der Waals surface area contributed by atoms with Gasteiger partial charge in [0.2, 0.25) is 0 Å². The molecular weight excluding hydrogens is 394 g/mol. The number of hydrogen-bond donors (Lipinski definition) is 3. The van der Waals surface area contributed by atoms with Crippen molar-refractivity contribution in [2.75, 3.05) is 6.61 Å². The zero-order chi connectivity index (χ0) is 22.1. The third-order valence-electron chi connectivity index (χ3n) is 5.35. The maximum Gasteiger partial charge on any atom is 0.267 e. The van der Waals surface area contributed by atoms with E-state index >= 15 is 0 Å². The number of aryl methyl sites for hydroxylation is 1. The predicted molar refractivity (Wildman–Crippen MR) is 117 cm³/mol. The molecule has 0 radical (unpaired) electrons. The largest absolute Gasteiger partial charge is 0.395 e. The van der Waals surface area contributed by atoms with Gasteiger partial charge in [0.25, 0.3) is 11.5 Å². The molecule has 0 aliphatic heterocycles. The Morgan fingerprint density at radius 3 is 2.65 bits per heavy atom. The van der Waals surface area contributed by atoms with Crippen LogP contribution in [0.15, 0.2) is 59.5 Å². The lowest BCUT2D eigenvalue weighted by atomic mass is 10.1. The van der Waals surface area contributed by atoms with Gasteiger partial charge in [0.1, 0.15) is 16.8 Å². The van der Waals surface area contributed by atoms with Gasteiger partial charge in [-0.25, -0.2) is 4.98 Å². The van der Waals surface area contributed by atoms with Crippen LogP contribution in [0.3, 0.4) is 0 Å². The monoisotopic (exact) mass is 417 g/mol. The maximum atomic E-state index is 13.2. The average molecular weight is 417 g/mol. The van der Waals surface area contributed by atoms with Crippen molar-refractivity contribution in [1.29, 1.82) is 5.41 Å². The van der Waals surface area contributed by atoms with Crippen molar-refractivity contribution >= 4 is 22.6 Å². The molecule has 158 valence electrons. The summed E-state index contributed by atoms with van der Waals surface area (Å²) >= 11 is 0. The van der Waals surface area contributed by atoms with Gasteiger partial charge in [0.15, 0.2) is 0 Å². The number of carbonyl (C=O) groups is 1. The summed E-state index contributed by atoms with van der Waals surface area (Å²) in [5, 5.41) is 21.2. The number of amides is 1. The van der Waals surface area contributed by atoms with Crippen molar-refractivity contribution < 1.29 is 9.90 Å². The fourth-order valence-electron chi connectivity index (χ4n) is 3.69. The molecule has 0 unspecified atom stereocenters. The van der Waals surface area contributed by atoms with Gasteiger partial charge in [0.05, 0.1) is 23.6 Å². The summed E-state index contributed by atoms with van der Waals surface area (Å²) < 4.78 is 2.84. The van der Waals surface area contributed by atoms with Gasteiger partial charge in [-0.1, -0.05) is 36.4 Å². The summed E-state index contributed by atoms with van der Waals surface area (Å²) in [5.41, 5.74) is 2.09. The predicted octanol–water partition coefficient (Wildman–Crippen LogP) is 1.92. The maximum absolute atomic E-state index is 13.2. The second kappa shape index (κ2) is 8.16. The third-order valence-corrected chi connectivity index (χ3v) is 5.35. The standard InChI is InChI=1S/C23H23N5O3/c1-14-7-6-10-28-20(14)26-21-18(23(28)31)13-17(19(24)27(21)11-12-29)22(30)25-15(2)16-8-4-3-5-9-16/h3-10,13,15,24,29H,11-12H2,1-2H3,(H,25,30)/t15-/m1/s1. The second-order valence-electron chi connectivity index (χ2n) is 7.43. The van der Waals surface area contributed by atoms with Crippen LogP contribution in [0.25, 0.3) is 16.7 Å². The van der Waals surface area contributed by atoms with Crippen LogP contribution in [0.5, 0.6) is 0 Å². The highest BCUT2D eigenvalue weighted by Crippen LogP contribution is 2.15. The molecular formula is C23H23N5O3. The number of carbonyl (C=O) groups excluding carboxylic acids is 1. The molecule has 1 amide bonds. The van der Waals surface area contributed by atoms with Crippen LogP contribution in [0.1, 0.15) is 34.5 Å². The van der Waals surface area contributed by atoms with E-state index in [9.17, 15) is 14.7 Å². The molecule has 1 aromatic carbocycles. The van der Waals surface area contributed by atoms with Gasteiger partial charge < -0.3 is 15.0 Å². The van der Waals surface area contributed by atoms with Gasteiger partial charge in [-0.05, 0) is 37.1 Å². The first-order valence-corrected chi connectivity index (χ1v) is 9.99. The number of nitrogens with one attached hydrogen (secondary N) is 2. The smallest absolute Gasteiger partial charge is 0.267 e. The lowest BCUT2D eigenvalue weighted by Gasteiger charge is -2.17. The zero-order valence-corrected chi connectivity index (χ0v) is 17.3. The minimum Gasteiger partial charge on any atom is -0.395 e. The Kier molecular flexibility index (Phi) is 5.39. The fraction of sp³-hybridized carbons (Fsp3) is 0.217. The molecule has 8 nitrogen and oxygen atoms in total. The molecule has 0 bridgehead atoms. The Balaban J connectivity index is 1.90. The number of rotatable bonds is 5. The lowest BCUT2D eigenvalue weighted by molar-refractivity contribution is 0.0937. The van der Waals surface area contributed by atoms with Crippen LogP contribution in [-0.2, 0) is 6.54 Å². The quantitative estimate of drug-likeness (QED) is 0.431. The SMILES string of the molecule is Cc1cccn2c(=O)c3cc(C(=O)N[C@H](C)c4ccccc4)c(=N)n(CCO)c3nc12. The summed E-state index contributed by atoms with van der Waals surface area (Å²) in [6.45, 7) is 3.48. The van der Waals surface area contributed by atoms with Gasteiger partial charge >= 0.3 is 0 Å². The van der Waals surface area contributed by atoms with Crippen molar-refractivity contribution in [3.05, 3.63) is 87.3 Å². The van der Waals surface area contributed by atoms with Gasteiger partial charge in [-0.15, -0.1) is 0 Å². The van der Waals surface area contributed by atoms with Gasteiger partial charge in [0, 0.05) is 12.7 Å². The summed E-state index contributed by atoms with van der Waals surface area (Å²) in [6, 6.07) is 14.2. The first-order valence-electron chi connectivity index (χ1n) is 9.99. The van der Waals surface area contributed by atoms with E-state index in [1.54, 1.807) is 12.3 Å². The van der Waals surface area contributed by atoms with E-state index in [0.29, 0.717) is 5.65 Å². The molecule has 3 heterocycles. The number of fused-ring (bicyclic) bond motifs is 2. The minimum atomic E-state index is -0.469. The summed E-state index contributed by atoms with van der Waals surface area (Å²) in [4.78, 5) is 30.8. The molecule has 0 aliphatic rings. The van der Waals surface area contributed by atoms with E-state index in [0.717, 1.165) is 11.1 Å². The van der Waals surface area contributed by atoms with Crippen LogP contribution in [-0.4, -0.2) is 31.6 Å². The van der Waals surface area contributed by atoms with E-state index in [-0.39, 0.29) is 46.8 Å². The van der Waals surface area contributed by atoms with Gasteiger partial charge in [-0.3, -0.25) is 19.4 Å². The normalized spacial score (nSPS) is 12.2.